The van der Waals surface area contributed by atoms with E-state index in [1.54, 1.807) is 12.1 Å². The highest BCUT2D eigenvalue weighted by molar-refractivity contribution is 7.13. The number of aromatic nitrogens is 1. The number of carbonyl (C=O) groups excluding carboxylic acids is 1. The molecule has 0 atom stereocenters. The fourth-order valence-electron chi connectivity index (χ4n) is 1.51. The Bertz CT molecular complexity index is 587. The van der Waals surface area contributed by atoms with Crippen LogP contribution in [0.5, 0.6) is 0 Å². The van der Waals surface area contributed by atoms with Gasteiger partial charge in [-0.3, -0.25) is 4.79 Å². The van der Waals surface area contributed by atoms with Gasteiger partial charge in [0.1, 0.15) is 0 Å². The van der Waals surface area contributed by atoms with Crippen LogP contribution in [0, 0.1) is 6.92 Å². The molecule has 100 valence electrons. The Labute approximate surface area is 111 Å². The Morgan fingerprint density at radius 1 is 1.26 bits per heavy atom. The lowest BCUT2D eigenvalue weighted by Gasteiger charge is -2.00. The van der Waals surface area contributed by atoms with Crippen LogP contribution < -0.4 is 0 Å². The maximum Gasteiger partial charge on any atom is 0.443 e. The quantitative estimate of drug-likeness (QED) is 0.801. The fraction of sp³-hybridized carbons (Fsp3) is 0.231. The monoisotopic (exact) mass is 285 g/mol. The van der Waals surface area contributed by atoms with Crippen molar-refractivity contribution < 1.29 is 18.0 Å². The highest BCUT2D eigenvalue weighted by atomic mass is 32.1. The summed E-state index contributed by atoms with van der Waals surface area (Å²) in [5.41, 5.74) is 1.84. The number of hydrogen-bond acceptors (Lipinski definition) is 3. The van der Waals surface area contributed by atoms with E-state index < -0.39 is 11.2 Å². The molecule has 0 fully saturated rings. The molecule has 0 bridgehead atoms. The van der Waals surface area contributed by atoms with E-state index >= 15 is 0 Å². The topological polar surface area (TPSA) is 30.0 Å². The van der Waals surface area contributed by atoms with Gasteiger partial charge in [-0.05, 0) is 12.5 Å². The van der Waals surface area contributed by atoms with Gasteiger partial charge in [-0.1, -0.05) is 29.8 Å². The number of hydrogen-bond donors (Lipinski definition) is 0. The van der Waals surface area contributed by atoms with Gasteiger partial charge < -0.3 is 0 Å². The zero-order valence-corrected chi connectivity index (χ0v) is 10.8. The third-order valence-electron chi connectivity index (χ3n) is 2.51. The number of nitrogens with zero attached hydrogens (tertiary/aromatic N) is 1. The third kappa shape index (κ3) is 3.41. The summed E-state index contributed by atoms with van der Waals surface area (Å²) in [7, 11) is 0. The highest BCUT2D eigenvalue weighted by Gasteiger charge is 2.35. The Morgan fingerprint density at radius 2 is 1.89 bits per heavy atom. The van der Waals surface area contributed by atoms with E-state index in [2.05, 4.69) is 4.98 Å². The number of halogens is 3. The summed E-state index contributed by atoms with van der Waals surface area (Å²) in [6.45, 7) is 1.92. The van der Waals surface area contributed by atoms with Crippen molar-refractivity contribution in [3.63, 3.8) is 0 Å². The molecule has 0 N–H and O–H groups in total. The number of ketones is 1. The van der Waals surface area contributed by atoms with Crippen LogP contribution in [-0.4, -0.2) is 10.8 Å². The molecule has 1 aromatic carbocycles. The molecule has 2 aromatic rings. The maximum absolute atomic E-state index is 12.4. The summed E-state index contributed by atoms with van der Waals surface area (Å²) >= 11 is 0.385. The van der Waals surface area contributed by atoms with Crippen LogP contribution in [-0.2, 0) is 12.6 Å². The molecule has 0 aliphatic carbocycles. The first kappa shape index (κ1) is 13.7. The van der Waals surface area contributed by atoms with Crippen LogP contribution in [0.25, 0.3) is 0 Å². The van der Waals surface area contributed by atoms with Crippen molar-refractivity contribution in [2.24, 2.45) is 0 Å². The standard InChI is InChI=1S/C13H10F3NOS/c1-8-2-4-9(5-3-8)6-10(18)11-7-17-12(19-11)13(14,15)16/h2-5,7H,6H2,1H3. The van der Waals surface area contributed by atoms with Crippen molar-refractivity contribution in [3.05, 3.63) is 51.5 Å². The number of carbonyl (C=O) groups is 1. The second-order valence-electron chi connectivity index (χ2n) is 4.11. The van der Waals surface area contributed by atoms with Crippen molar-refractivity contribution in [1.29, 1.82) is 0 Å². The first-order valence-corrected chi connectivity index (χ1v) is 6.29. The Kier molecular flexibility index (Phi) is 3.71. The van der Waals surface area contributed by atoms with E-state index in [1.165, 1.54) is 0 Å². The second-order valence-corrected chi connectivity index (χ2v) is 5.14. The van der Waals surface area contributed by atoms with Gasteiger partial charge in [-0.25, -0.2) is 4.98 Å². The number of benzene rings is 1. The van der Waals surface area contributed by atoms with Crippen molar-refractivity contribution in [1.82, 2.24) is 4.98 Å². The van der Waals surface area contributed by atoms with Crippen LogP contribution in [0.1, 0.15) is 25.8 Å². The van der Waals surface area contributed by atoms with Crippen LogP contribution in [0.2, 0.25) is 0 Å². The normalized spacial score (nSPS) is 11.6. The lowest BCUT2D eigenvalue weighted by atomic mass is 10.1. The minimum atomic E-state index is -4.49. The predicted molar refractivity (Wildman–Crippen MR) is 66.3 cm³/mol. The molecular formula is C13H10F3NOS. The molecule has 0 aliphatic heterocycles. The lowest BCUT2D eigenvalue weighted by molar-refractivity contribution is -0.137. The molecule has 19 heavy (non-hydrogen) atoms. The van der Waals surface area contributed by atoms with Crippen molar-refractivity contribution in [3.8, 4) is 0 Å². The Hall–Kier alpha value is -1.69. The van der Waals surface area contributed by atoms with E-state index in [0.29, 0.717) is 11.3 Å². The van der Waals surface area contributed by atoms with Crippen LogP contribution in [0.4, 0.5) is 13.2 Å². The van der Waals surface area contributed by atoms with Gasteiger partial charge in [-0.2, -0.15) is 13.2 Å². The second kappa shape index (κ2) is 5.13. The van der Waals surface area contributed by atoms with Gasteiger partial charge in [0.15, 0.2) is 10.8 Å². The van der Waals surface area contributed by atoms with Gasteiger partial charge >= 0.3 is 6.18 Å². The third-order valence-corrected chi connectivity index (χ3v) is 3.59. The summed E-state index contributed by atoms with van der Waals surface area (Å²) in [5.74, 6) is -0.350. The predicted octanol–water partition coefficient (Wildman–Crippen LogP) is 3.90. The minimum absolute atomic E-state index is 0.0351. The number of rotatable bonds is 3. The molecule has 6 heteroatoms. The largest absolute Gasteiger partial charge is 0.443 e. The molecule has 0 saturated heterocycles. The summed E-state index contributed by atoms with van der Waals surface area (Å²) in [4.78, 5) is 15.1. The molecule has 1 aromatic heterocycles. The molecular weight excluding hydrogens is 275 g/mol. The molecule has 0 spiro atoms. The van der Waals surface area contributed by atoms with E-state index in [4.69, 9.17) is 0 Å². The van der Waals surface area contributed by atoms with E-state index in [1.807, 2.05) is 19.1 Å². The SMILES string of the molecule is Cc1ccc(CC(=O)c2cnc(C(F)(F)F)s2)cc1. The van der Waals surface area contributed by atoms with Crippen LogP contribution >= 0.6 is 11.3 Å². The fourth-order valence-corrected chi connectivity index (χ4v) is 2.23. The summed E-state index contributed by atoms with van der Waals surface area (Å²) in [6.07, 6.45) is -3.42. The van der Waals surface area contributed by atoms with Gasteiger partial charge in [0.05, 0.1) is 4.88 Å². The van der Waals surface area contributed by atoms with Crippen LogP contribution in [0.15, 0.2) is 30.5 Å². The summed E-state index contributed by atoms with van der Waals surface area (Å²) < 4.78 is 37.1. The van der Waals surface area contributed by atoms with Crippen LogP contribution in [0.3, 0.4) is 0 Å². The van der Waals surface area contributed by atoms with Gasteiger partial charge in [-0.15, -0.1) is 11.3 Å². The molecule has 0 unspecified atom stereocenters. The van der Waals surface area contributed by atoms with E-state index in [-0.39, 0.29) is 17.1 Å². The van der Waals surface area contributed by atoms with E-state index in [9.17, 15) is 18.0 Å². The van der Waals surface area contributed by atoms with Gasteiger partial charge in [0.2, 0.25) is 0 Å². The zero-order chi connectivity index (χ0) is 14.0. The maximum atomic E-state index is 12.4. The van der Waals surface area contributed by atoms with E-state index in [0.717, 1.165) is 17.3 Å². The first-order valence-electron chi connectivity index (χ1n) is 5.48. The molecule has 1 heterocycles. The smallest absolute Gasteiger partial charge is 0.293 e. The molecule has 0 radical (unpaired) electrons. The van der Waals surface area contributed by atoms with Gasteiger partial charge in [0.25, 0.3) is 0 Å². The lowest BCUT2D eigenvalue weighted by Crippen LogP contribution is -2.03. The number of thiazole rings is 1. The van der Waals surface area contributed by atoms with Crippen molar-refractivity contribution in [2.75, 3.05) is 0 Å². The van der Waals surface area contributed by atoms with Crippen molar-refractivity contribution >= 4 is 17.1 Å². The Balaban J connectivity index is 2.12. The van der Waals surface area contributed by atoms with Gasteiger partial charge in [0, 0.05) is 12.6 Å². The number of alkyl halides is 3. The number of aryl methyl sites for hydroxylation is 1. The molecule has 0 aliphatic rings. The minimum Gasteiger partial charge on any atom is -0.293 e. The average Bonchev–Trinajstić information content (AvgIpc) is 2.81. The highest BCUT2D eigenvalue weighted by Crippen LogP contribution is 2.32. The average molecular weight is 285 g/mol. The van der Waals surface area contributed by atoms with Crippen molar-refractivity contribution in [2.45, 2.75) is 19.5 Å². The molecule has 0 amide bonds. The molecule has 2 nitrogen and oxygen atoms in total. The Morgan fingerprint density at radius 3 is 2.42 bits per heavy atom. The summed E-state index contributed by atoms with van der Waals surface area (Å²) in [5, 5.41) is -0.986. The first-order chi connectivity index (χ1) is 8.86. The zero-order valence-electron chi connectivity index (χ0n) is 9.99. The number of Topliss-reactive ketones (excluding diaryl/α,β-unsaturated/α-hetero) is 1. The molecule has 2 rings (SSSR count). The molecule has 0 saturated carbocycles. The summed E-state index contributed by atoms with van der Waals surface area (Å²) in [6, 6.07) is 7.30.